The quantitative estimate of drug-likeness (QED) is 0.911. The Balaban J connectivity index is 1.88. The summed E-state index contributed by atoms with van der Waals surface area (Å²) >= 11 is 0. The number of nitrogen functional groups attached to an aromatic ring is 1. The number of nitrogens with two attached hydrogens (primary N) is 1. The average Bonchev–Trinajstić information content (AvgIpc) is 3.01. The zero-order chi connectivity index (χ0) is 14.3. The first-order valence-electron chi connectivity index (χ1n) is 6.89. The van der Waals surface area contributed by atoms with Gasteiger partial charge in [0.2, 0.25) is 0 Å². The van der Waals surface area contributed by atoms with Crippen LogP contribution in [0.3, 0.4) is 0 Å². The molecular weight excluding hydrogens is 250 g/mol. The Morgan fingerprint density at radius 3 is 2.35 bits per heavy atom. The fourth-order valence-electron chi connectivity index (χ4n) is 2.74. The summed E-state index contributed by atoms with van der Waals surface area (Å²) in [5.41, 5.74) is 9.62. The molecule has 1 aromatic carbocycles. The number of fused-ring (bicyclic) bond motifs is 1. The summed E-state index contributed by atoms with van der Waals surface area (Å²) in [7, 11) is 0. The minimum atomic E-state index is 0.0478. The molecule has 20 heavy (non-hydrogen) atoms. The molecule has 0 unspecified atom stereocenters. The van der Waals surface area contributed by atoms with Gasteiger partial charge in [-0.1, -0.05) is 24.3 Å². The van der Waals surface area contributed by atoms with Gasteiger partial charge < -0.3 is 15.2 Å². The molecule has 1 aliphatic heterocycles. The summed E-state index contributed by atoms with van der Waals surface area (Å²) in [6, 6.07) is 10.2. The molecule has 0 bridgehead atoms. The molecule has 2 heterocycles. The van der Waals surface area contributed by atoms with Crippen LogP contribution in [-0.2, 0) is 13.1 Å². The van der Waals surface area contributed by atoms with Crippen LogP contribution in [0.1, 0.15) is 41.5 Å². The van der Waals surface area contributed by atoms with E-state index >= 15 is 0 Å². The van der Waals surface area contributed by atoms with E-state index in [4.69, 9.17) is 5.73 Å². The second-order valence-electron chi connectivity index (χ2n) is 5.59. The molecule has 0 saturated carbocycles. The third-order valence-electron chi connectivity index (χ3n) is 3.77. The van der Waals surface area contributed by atoms with E-state index in [1.54, 1.807) is 6.07 Å². The van der Waals surface area contributed by atoms with Crippen LogP contribution < -0.4 is 5.73 Å². The molecule has 4 nitrogen and oxygen atoms in total. The SMILES string of the molecule is CC(C)n1cc(N)cc1C(=O)N1Cc2ccccc2C1. The molecule has 2 aromatic rings. The van der Waals surface area contributed by atoms with Crippen molar-refractivity contribution in [3.8, 4) is 0 Å². The summed E-state index contributed by atoms with van der Waals surface area (Å²) < 4.78 is 1.95. The van der Waals surface area contributed by atoms with Crippen LogP contribution in [0.15, 0.2) is 36.5 Å². The van der Waals surface area contributed by atoms with Gasteiger partial charge in [0.25, 0.3) is 5.91 Å². The van der Waals surface area contributed by atoms with Crippen LogP contribution in [0.5, 0.6) is 0 Å². The number of hydrogen-bond acceptors (Lipinski definition) is 2. The normalized spacial score (nSPS) is 13.8. The van der Waals surface area contributed by atoms with Crippen molar-refractivity contribution in [1.82, 2.24) is 9.47 Å². The van der Waals surface area contributed by atoms with Crippen molar-refractivity contribution in [2.24, 2.45) is 0 Å². The predicted molar refractivity (Wildman–Crippen MR) is 79.2 cm³/mol. The number of carbonyl (C=O) groups is 1. The molecule has 2 N–H and O–H groups in total. The van der Waals surface area contributed by atoms with Crippen molar-refractivity contribution in [3.63, 3.8) is 0 Å². The van der Waals surface area contributed by atoms with Crippen LogP contribution >= 0.6 is 0 Å². The van der Waals surface area contributed by atoms with Crippen LogP contribution in [0.2, 0.25) is 0 Å². The Hall–Kier alpha value is -2.23. The highest BCUT2D eigenvalue weighted by atomic mass is 16.2. The molecule has 1 amide bonds. The first kappa shape index (κ1) is 12.8. The van der Waals surface area contributed by atoms with E-state index in [0.29, 0.717) is 24.5 Å². The van der Waals surface area contributed by atoms with Gasteiger partial charge in [0.1, 0.15) is 5.69 Å². The highest BCUT2D eigenvalue weighted by molar-refractivity contribution is 5.94. The zero-order valence-corrected chi connectivity index (χ0v) is 11.8. The summed E-state index contributed by atoms with van der Waals surface area (Å²) in [6.07, 6.45) is 1.83. The number of carbonyl (C=O) groups excluding carboxylic acids is 1. The number of amides is 1. The predicted octanol–water partition coefficient (Wildman–Crippen LogP) is 2.81. The molecular formula is C16H19N3O. The van der Waals surface area contributed by atoms with Crippen molar-refractivity contribution in [2.45, 2.75) is 33.0 Å². The molecule has 3 rings (SSSR count). The van der Waals surface area contributed by atoms with E-state index in [2.05, 4.69) is 26.0 Å². The van der Waals surface area contributed by atoms with Gasteiger partial charge in [-0.25, -0.2) is 0 Å². The standard InChI is InChI=1S/C16H19N3O/c1-11(2)19-10-14(17)7-15(19)16(20)18-8-12-5-3-4-6-13(12)9-18/h3-7,10-11H,8-9,17H2,1-2H3. The largest absolute Gasteiger partial charge is 0.397 e. The molecule has 0 saturated heterocycles. The van der Waals surface area contributed by atoms with Crippen molar-refractivity contribution in [2.75, 3.05) is 5.73 Å². The molecule has 0 radical (unpaired) electrons. The molecule has 1 aliphatic rings. The second kappa shape index (κ2) is 4.71. The van der Waals surface area contributed by atoms with Gasteiger partial charge in [0.15, 0.2) is 0 Å². The van der Waals surface area contributed by atoms with Gasteiger partial charge in [0, 0.05) is 25.3 Å². The van der Waals surface area contributed by atoms with Crippen molar-refractivity contribution < 1.29 is 4.79 Å². The topological polar surface area (TPSA) is 51.3 Å². The summed E-state index contributed by atoms with van der Waals surface area (Å²) in [5, 5.41) is 0. The van der Waals surface area contributed by atoms with Crippen LogP contribution in [0.25, 0.3) is 0 Å². The lowest BCUT2D eigenvalue weighted by Crippen LogP contribution is -2.27. The third kappa shape index (κ3) is 2.07. The zero-order valence-electron chi connectivity index (χ0n) is 11.8. The first-order valence-corrected chi connectivity index (χ1v) is 6.89. The van der Waals surface area contributed by atoms with Gasteiger partial charge in [0.05, 0.1) is 5.69 Å². The molecule has 0 atom stereocenters. The van der Waals surface area contributed by atoms with Gasteiger partial charge in [-0.3, -0.25) is 4.79 Å². The van der Waals surface area contributed by atoms with Crippen molar-refractivity contribution in [1.29, 1.82) is 0 Å². The van der Waals surface area contributed by atoms with E-state index in [9.17, 15) is 4.79 Å². The lowest BCUT2D eigenvalue weighted by molar-refractivity contribution is 0.0739. The fraction of sp³-hybridized carbons (Fsp3) is 0.312. The average molecular weight is 269 g/mol. The Labute approximate surface area is 118 Å². The second-order valence-corrected chi connectivity index (χ2v) is 5.59. The lowest BCUT2D eigenvalue weighted by atomic mass is 10.1. The van der Waals surface area contributed by atoms with E-state index in [0.717, 1.165) is 0 Å². The number of anilines is 1. The monoisotopic (exact) mass is 269 g/mol. The number of benzene rings is 1. The minimum Gasteiger partial charge on any atom is -0.397 e. The maximum Gasteiger partial charge on any atom is 0.271 e. The smallest absolute Gasteiger partial charge is 0.271 e. The Bertz CT molecular complexity index is 632. The Morgan fingerprint density at radius 1 is 1.20 bits per heavy atom. The maximum absolute atomic E-state index is 12.7. The molecule has 0 aliphatic carbocycles. The Morgan fingerprint density at radius 2 is 1.80 bits per heavy atom. The molecule has 0 spiro atoms. The van der Waals surface area contributed by atoms with Gasteiger partial charge in [-0.2, -0.15) is 0 Å². The number of aromatic nitrogens is 1. The van der Waals surface area contributed by atoms with E-state index in [-0.39, 0.29) is 11.9 Å². The van der Waals surface area contributed by atoms with Gasteiger partial charge in [-0.15, -0.1) is 0 Å². The molecule has 0 fully saturated rings. The molecule has 104 valence electrons. The maximum atomic E-state index is 12.7. The molecule has 4 heteroatoms. The van der Waals surface area contributed by atoms with Gasteiger partial charge in [-0.05, 0) is 31.0 Å². The lowest BCUT2D eigenvalue weighted by Gasteiger charge is -2.18. The van der Waals surface area contributed by atoms with Crippen LogP contribution in [0, 0.1) is 0 Å². The minimum absolute atomic E-state index is 0.0478. The highest BCUT2D eigenvalue weighted by Gasteiger charge is 2.26. The number of rotatable bonds is 2. The summed E-state index contributed by atoms with van der Waals surface area (Å²) in [4.78, 5) is 14.6. The van der Waals surface area contributed by atoms with E-state index in [1.165, 1.54) is 11.1 Å². The fourth-order valence-corrected chi connectivity index (χ4v) is 2.74. The van der Waals surface area contributed by atoms with Crippen LogP contribution in [0.4, 0.5) is 5.69 Å². The van der Waals surface area contributed by atoms with Crippen molar-refractivity contribution in [3.05, 3.63) is 53.3 Å². The Kier molecular flexibility index (Phi) is 3.01. The van der Waals surface area contributed by atoms with Gasteiger partial charge >= 0.3 is 0 Å². The van der Waals surface area contributed by atoms with Crippen molar-refractivity contribution >= 4 is 11.6 Å². The third-order valence-corrected chi connectivity index (χ3v) is 3.77. The number of nitrogens with zero attached hydrogens (tertiary/aromatic N) is 2. The number of hydrogen-bond donors (Lipinski definition) is 1. The summed E-state index contributed by atoms with van der Waals surface area (Å²) in [6.45, 7) is 5.46. The highest BCUT2D eigenvalue weighted by Crippen LogP contribution is 2.26. The summed E-state index contributed by atoms with van der Waals surface area (Å²) in [5.74, 6) is 0.0478. The molecule has 1 aromatic heterocycles. The van der Waals surface area contributed by atoms with E-state index < -0.39 is 0 Å². The first-order chi connectivity index (χ1) is 9.56. The van der Waals surface area contributed by atoms with Crippen LogP contribution in [-0.4, -0.2) is 15.4 Å². The van der Waals surface area contributed by atoms with E-state index in [1.807, 2.05) is 27.8 Å².